The molecule has 1 fully saturated rings. The van der Waals surface area contributed by atoms with Crippen molar-refractivity contribution in [3.63, 3.8) is 0 Å². The first kappa shape index (κ1) is 14.4. The standard InChI is InChI=1S/C13H19FN2O2S/c1-3-10-6-12(10)16-19(17,18)13-5-9(7-15)4-11(14)8(13)2/h4-5,10,12,16H,3,6-7,15H2,1-2H3. The molecule has 0 spiro atoms. The van der Waals surface area contributed by atoms with Gasteiger partial charge in [-0.15, -0.1) is 0 Å². The lowest BCUT2D eigenvalue weighted by atomic mass is 10.1. The van der Waals surface area contributed by atoms with Crippen LogP contribution in [0.3, 0.4) is 0 Å². The van der Waals surface area contributed by atoms with Crippen LogP contribution >= 0.6 is 0 Å². The number of rotatable bonds is 5. The van der Waals surface area contributed by atoms with Crippen LogP contribution in [0.25, 0.3) is 0 Å². The van der Waals surface area contributed by atoms with Crippen molar-refractivity contribution in [3.8, 4) is 0 Å². The van der Waals surface area contributed by atoms with Crippen LogP contribution in [0.1, 0.15) is 30.9 Å². The molecule has 2 rings (SSSR count). The molecule has 3 N–H and O–H groups in total. The summed E-state index contributed by atoms with van der Waals surface area (Å²) in [4.78, 5) is -0.00490. The first-order valence-electron chi connectivity index (χ1n) is 6.40. The third-order valence-corrected chi connectivity index (χ3v) is 5.25. The summed E-state index contributed by atoms with van der Waals surface area (Å²) in [5, 5.41) is 0. The minimum atomic E-state index is -3.67. The molecule has 1 aliphatic rings. The molecule has 106 valence electrons. The van der Waals surface area contributed by atoms with Gasteiger partial charge >= 0.3 is 0 Å². The van der Waals surface area contributed by atoms with E-state index >= 15 is 0 Å². The van der Waals surface area contributed by atoms with Gasteiger partial charge in [-0.25, -0.2) is 17.5 Å². The summed E-state index contributed by atoms with van der Waals surface area (Å²) in [5.74, 6) is -0.135. The molecule has 2 atom stereocenters. The summed E-state index contributed by atoms with van der Waals surface area (Å²) < 4.78 is 40.9. The molecule has 2 unspecified atom stereocenters. The summed E-state index contributed by atoms with van der Waals surface area (Å²) in [6.45, 7) is 3.61. The van der Waals surface area contributed by atoms with Crippen LogP contribution < -0.4 is 10.5 Å². The molecule has 0 saturated heterocycles. The summed E-state index contributed by atoms with van der Waals surface area (Å²) in [5.41, 5.74) is 6.07. The van der Waals surface area contributed by atoms with Crippen LogP contribution in [0.2, 0.25) is 0 Å². The fourth-order valence-corrected chi connectivity index (χ4v) is 3.83. The van der Waals surface area contributed by atoms with Gasteiger partial charge < -0.3 is 5.73 Å². The van der Waals surface area contributed by atoms with E-state index in [1.165, 1.54) is 19.1 Å². The van der Waals surface area contributed by atoms with Crippen molar-refractivity contribution in [2.45, 2.75) is 44.2 Å². The number of hydrogen-bond acceptors (Lipinski definition) is 3. The second-order valence-corrected chi connectivity index (χ2v) is 6.72. The van der Waals surface area contributed by atoms with Crippen molar-refractivity contribution in [3.05, 3.63) is 29.1 Å². The number of nitrogens with one attached hydrogen (secondary N) is 1. The van der Waals surface area contributed by atoms with Crippen LogP contribution in [0.5, 0.6) is 0 Å². The third-order valence-electron chi connectivity index (χ3n) is 3.64. The summed E-state index contributed by atoms with van der Waals surface area (Å²) in [7, 11) is -3.67. The minimum absolute atomic E-state index is 0.00490. The van der Waals surface area contributed by atoms with Gasteiger partial charge in [0.2, 0.25) is 10.0 Å². The molecular weight excluding hydrogens is 267 g/mol. The Morgan fingerprint density at radius 1 is 1.47 bits per heavy atom. The Balaban J connectivity index is 2.32. The van der Waals surface area contributed by atoms with Crippen LogP contribution in [0.15, 0.2) is 17.0 Å². The Morgan fingerprint density at radius 3 is 2.68 bits per heavy atom. The van der Waals surface area contributed by atoms with Gasteiger partial charge in [-0.1, -0.05) is 13.3 Å². The van der Waals surface area contributed by atoms with Crippen molar-refractivity contribution < 1.29 is 12.8 Å². The van der Waals surface area contributed by atoms with Gasteiger partial charge in [0.1, 0.15) is 5.82 Å². The van der Waals surface area contributed by atoms with Crippen molar-refractivity contribution in [1.82, 2.24) is 4.72 Å². The Morgan fingerprint density at radius 2 is 2.16 bits per heavy atom. The number of nitrogens with two attached hydrogens (primary N) is 1. The minimum Gasteiger partial charge on any atom is -0.326 e. The average molecular weight is 286 g/mol. The van der Waals surface area contributed by atoms with Crippen LogP contribution in [-0.4, -0.2) is 14.5 Å². The van der Waals surface area contributed by atoms with Crippen molar-refractivity contribution in [2.75, 3.05) is 0 Å². The highest BCUT2D eigenvalue weighted by Crippen LogP contribution is 2.34. The zero-order valence-corrected chi connectivity index (χ0v) is 11.9. The molecule has 4 nitrogen and oxygen atoms in total. The molecular formula is C13H19FN2O2S. The molecule has 19 heavy (non-hydrogen) atoms. The van der Waals surface area contributed by atoms with Crippen molar-refractivity contribution in [1.29, 1.82) is 0 Å². The number of halogens is 1. The predicted octanol–water partition coefficient (Wildman–Crippen LogP) is 1.67. The van der Waals surface area contributed by atoms with E-state index in [1.807, 2.05) is 6.92 Å². The molecule has 1 aromatic rings. The quantitative estimate of drug-likeness (QED) is 0.865. The molecule has 0 amide bonds. The van der Waals surface area contributed by atoms with Gasteiger partial charge in [0, 0.05) is 18.2 Å². The van der Waals surface area contributed by atoms with Crippen molar-refractivity contribution >= 4 is 10.0 Å². The molecule has 6 heteroatoms. The molecule has 0 heterocycles. The lowest BCUT2D eigenvalue weighted by Crippen LogP contribution is -2.28. The largest absolute Gasteiger partial charge is 0.326 e. The van der Waals surface area contributed by atoms with E-state index in [0.29, 0.717) is 11.5 Å². The van der Waals surface area contributed by atoms with Crippen molar-refractivity contribution in [2.24, 2.45) is 11.7 Å². The Bertz CT molecular complexity index is 587. The Labute approximate surface area is 113 Å². The molecule has 1 saturated carbocycles. The fraction of sp³-hybridized carbons (Fsp3) is 0.538. The first-order valence-corrected chi connectivity index (χ1v) is 7.88. The van der Waals surface area contributed by atoms with Crippen LogP contribution in [0, 0.1) is 18.7 Å². The Kier molecular flexibility index (Phi) is 3.94. The van der Waals surface area contributed by atoms with Crippen LogP contribution in [-0.2, 0) is 16.6 Å². The molecule has 1 aromatic carbocycles. The molecule has 0 aliphatic heterocycles. The predicted molar refractivity (Wildman–Crippen MR) is 71.5 cm³/mol. The van der Waals surface area contributed by atoms with Gasteiger partial charge in [0.25, 0.3) is 0 Å². The smallest absolute Gasteiger partial charge is 0.241 e. The summed E-state index contributed by atoms with van der Waals surface area (Å²) in [6, 6.07) is 2.71. The SMILES string of the molecule is CCC1CC1NS(=O)(=O)c1cc(CN)cc(F)c1C. The Hall–Kier alpha value is -0.980. The van der Waals surface area contributed by atoms with E-state index in [0.717, 1.165) is 12.8 Å². The maximum atomic E-state index is 13.7. The monoisotopic (exact) mass is 286 g/mol. The van der Waals surface area contributed by atoms with Gasteiger partial charge in [-0.05, 0) is 37.0 Å². The number of benzene rings is 1. The lowest BCUT2D eigenvalue weighted by molar-refractivity contribution is 0.569. The highest BCUT2D eigenvalue weighted by atomic mass is 32.2. The highest BCUT2D eigenvalue weighted by molar-refractivity contribution is 7.89. The zero-order valence-electron chi connectivity index (χ0n) is 11.1. The first-order chi connectivity index (χ1) is 8.89. The molecule has 0 radical (unpaired) electrons. The summed E-state index contributed by atoms with van der Waals surface area (Å²) >= 11 is 0. The highest BCUT2D eigenvalue weighted by Gasteiger charge is 2.39. The van der Waals surface area contributed by atoms with E-state index in [2.05, 4.69) is 4.72 Å². The lowest BCUT2D eigenvalue weighted by Gasteiger charge is -2.11. The van der Waals surface area contributed by atoms with Gasteiger partial charge in [0.05, 0.1) is 4.90 Å². The van der Waals surface area contributed by atoms with Gasteiger partial charge in [-0.3, -0.25) is 0 Å². The van der Waals surface area contributed by atoms with Gasteiger partial charge in [-0.2, -0.15) is 0 Å². The third kappa shape index (κ3) is 2.96. The van der Waals surface area contributed by atoms with E-state index < -0.39 is 15.8 Å². The van der Waals surface area contributed by atoms with Crippen LogP contribution in [0.4, 0.5) is 4.39 Å². The van der Waals surface area contributed by atoms with E-state index in [-0.39, 0.29) is 23.0 Å². The summed E-state index contributed by atoms with van der Waals surface area (Å²) in [6.07, 6.45) is 1.80. The normalized spacial score (nSPS) is 22.5. The van der Waals surface area contributed by atoms with Gasteiger partial charge in [0.15, 0.2) is 0 Å². The average Bonchev–Trinajstić information content (AvgIpc) is 3.09. The maximum absolute atomic E-state index is 13.7. The second kappa shape index (κ2) is 5.19. The molecule has 0 aromatic heterocycles. The number of hydrogen-bond donors (Lipinski definition) is 2. The van der Waals surface area contributed by atoms with E-state index in [1.54, 1.807) is 0 Å². The maximum Gasteiger partial charge on any atom is 0.241 e. The fourth-order valence-electron chi connectivity index (χ4n) is 2.21. The zero-order chi connectivity index (χ0) is 14.2. The molecule has 0 bridgehead atoms. The second-order valence-electron chi connectivity index (χ2n) is 5.04. The van der Waals surface area contributed by atoms with E-state index in [9.17, 15) is 12.8 Å². The van der Waals surface area contributed by atoms with E-state index in [4.69, 9.17) is 5.73 Å². The topological polar surface area (TPSA) is 72.2 Å². The number of sulfonamides is 1. The molecule has 1 aliphatic carbocycles.